The summed E-state index contributed by atoms with van der Waals surface area (Å²) in [5.74, 6) is 1.30. The van der Waals surface area contributed by atoms with Gasteiger partial charge in [-0.25, -0.2) is 4.98 Å². The van der Waals surface area contributed by atoms with Crippen LogP contribution < -0.4 is 5.56 Å². The van der Waals surface area contributed by atoms with Gasteiger partial charge in [0.1, 0.15) is 5.82 Å². The molecule has 76 valence electrons. The smallest absolute Gasteiger partial charge is 0.253 e. The first-order chi connectivity index (χ1) is 6.59. The molecule has 1 aliphatic heterocycles. The summed E-state index contributed by atoms with van der Waals surface area (Å²) < 4.78 is 1.83. The van der Waals surface area contributed by atoms with E-state index in [0.29, 0.717) is 12.0 Å². The molecule has 0 aliphatic carbocycles. The van der Waals surface area contributed by atoms with Gasteiger partial charge in [-0.3, -0.25) is 9.36 Å². The molecule has 0 saturated carbocycles. The zero-order chi connectivity index (χ0) is 10.3. The molecule has 2 heterocycles. The average molecular weight is 192 g/mol. The molecule has 3 heteroatoms. The molecule has 0 aromatic carbocycles. The minimum Gasteiger partial charge on any atom is -0.294 e. The molecule has 1 aromatic rings. The lowest BCUT2D eigenvalue weighted by Crippen LogP contribution is -2.23. The fourth-order valence-electron chi connectivity index (χ4n) is 1.97. The van der Waals surface area contributed by atoms with Crippen molar-refractivity contribution >= 4 is 0 Å². The molecule has 2 rings (SSSR count). The largest absolute Gasteiger partial charge is 0.294 e. The monoisotopic (exact) mass is 192 g/mol. The van der Waals surface area contributed by atoms with Gasteiger partial charge >= 0.3 is 0 Å². The summed E-state index contributed by atoms with van der Waals surface area (Å²) in [6, 6.07) is 2.00. The zero-order valence-electron chi connectivity index (χ0n) is 8.95. The Morgan fingerprint density at radius 1 is 1.57 bits per heavy atom. The van der Waals surface area contributed by atoms with Crippen LogP contribution in [0.25, 0.3) is 0 Å². The van der Waals surface area contributed by atoms with Crippen LogP contribution in [0.4, 0.5) is 0 Å². The molecule has 14 heavy (non-hydrogen) atoms. The lowest BCUT2D eigenvalue weighted by molar-refractivity contribution is 0.556. The number of aryl methyl sites for hydroxylation is 1. The molecular formula is C11H16N2O. The fourth-order valence-corrected chi connectivity index (χ4v) is 1.97. The van der Waals surface area contributed by atoms with E-state index in [-0.39, 0.29) is 5.56 Å². The third-order valence-corrected chi connectivity index (χ3v) is 2.86. The second-order valence-corrected chi connectivity index (χ2v) is 4.35. The Morgan fingerprint density at radius 3 is 2.93 bits per heavy atom. The van der Waals surface area contributed by atoms with Crippen molar-refractivity contribution in [3.8, 4) is 0 Å². The van der Waals surface area contributed by atoms with Gasteiger partial charge in [0, 0.05) is 18.5 Å². The summed E-state index contributed by atoms with van der Waals surface area (Å²) in [4.78, 5) is 16.3. The van der Waals surface area contributed by atoms with Gasteiger partial charge in [-0.15, -0.1) is 0 Å². The minimum absolute atomic E-state index is 0.115. The number of aromatic nitrogens is 2. The van der Waals surface area contributed by atoms with Crippen LogP contribution in [0.3, 0.4) is 0 Å². The summed E-state index contributed by atoms with van der Waals surface area (Å²) in [7, 11) is 0. The lowest BCUT2D eigenvalue weighted by Gasteiger charge is -2.10. The van der Waals surface area contributed by atoms with Gasteiger partial charge in [-0.05, 0) is 19.3 Å². The van der Waals surface area contributed by atoms with Gasteiger partial charge in [-0.2, -0.15) is 0 Å². The number of hydrogen-bond acceptors (Lipinski definition) is 2. The van der Waals surface area contributed by atoms with E-state index in [0.717, 1.165) is 24.4 Å². The van der Waals surface area contributed by atoms with Crippen LogP contribution in [0.15, 0.2) is 10.9 Å². The van der Waals surface area contributed by atoms with E-state index in [1.807, 2.05) is 4.57 Å². The molecule has 0 N–H and O–H groups in total. The summed E-state index contributed by atoms with van der Waals surface area (Å²) in [5, 5.41) is 0. The number of fused-ring (bicyclic) bond motifs is 1. The molecule has 1 atom stereocenters. The Balaban J connectivity index is 2.57. The highest BCUT2D eigenvalue weighted by Crippen LogP contribution is 2.22. The van der Waals surface area contributed by atoms with E-state index in [2.05, 4.69) is 25.8 Å². The number of hydrogen-bond donors (Lipinski definition) is 0. The highest BCUT2D eigenvalue weighted by molar-refractivity contribution is 5.11. The van der Waals surface area contributed by atoms with E-state index >= 15 is 0 Å². The van der Waals surface area contributed by atoms with Crippen LogP contribution in [0.2, 0.25) is 0 Å². The molecule has 1 unspecified atom stereocenters. The summed E-state index contributed by atoms with van der Waals surface area (Å²) in [6.45, 7) is 6.21. The molecule has 3 nitrogen and oxygen atoms in total. The highest BCUT2D eigenvalue weighted by atomic mass is 16.1. The van der Waals surface area contributed by atoms with Crippen LogP contribution in [-0.4, -0.2) is 9.55 Å². The van der Waals surface area contributed by atoms with Gasteiger partial charge in [0.2, 0.25) is 0 Å². The average Bonchev–Trinajstić information content (AvgIpc) is 2.48. The van der Waals surface area contributed by atoms with Crippen LogP contribution in [0.5, 0.6) is 0 Å². The van der Waals surface area contributed by atoms with Crippen LogP contribution in [0, 0.1) is 0 Å². The fraction of sp³-hybridized carbons (Fsp3) is 0.636. The van der Waals surface area contributed by atoms with Crippen LogP contribution >= 0.6 is 0 Å². The molecule has 0 radical (unpaired) electrons. The zero-order valence-corrected chi connectivity index (χ0v) is 8.95. The van der Waals surface area contributed by atoms with Crippen molar-refractivity contribution < 1.29 is 0 Å². The second-order valence-electron chi connectivity index (χ2n) is 4.35. The van der Waals surface area contributed by atoms with E-state index in [1.165, 1.54) is 0 Å². The van der Waals surface area contributed by atoms with E-state index in [4.69, 9.17) is 0 Å². The Kier molecular flexibility index (Phi) is 2.17. The Hall–Kier alpha value is -1.12. The molecule has 0 spiro atoms. The predicted molar refractivity (Wildman–Crippen MR) is 55.6 cm³/mol. The topological polar surface area (TPSA) is 34.9 Å². The maximum atomic E-state index is 11.8. The summed E-state index contributed by atoms with van der Waals surface area (Å²) in [5.41, 5.74) is 1.04. The molecule has 0 amide bonds. The SMILES string of the molecule is CC(C)c1cc(=O)n2c(n1)CCC2C. The quantitative estimate of drug-likeness (QED) is 0.681. The van der Waals surface area contributed by atoms with Gasteiger partial charge in [0.15, 0.2) is 0 Å². The Bertz CT molecular complexity index is 406. The minimum atomic E-state index is 0.115. The van der Waals surface area contributed by atoms with E-state index in [9.17, 15) is 4.79 Å². The van der Waals surface area contributed by atoms with Crippen molar-refractivity contribution in [2.24, 2.45) is 0 Å². The van der Waals surface area contributed by atoms with E-state index in [1.54, 1.807) is 6.07 Å². The third kappa shape index (κ3) is 1.37. The van der Waals surface area contributed by atoms with Crippen LogP contribution in [0.1, 0.15) is 50.7 Å². The molecule has 1 aromatic heterocycles. The third-order valence-electron chi connectivity index (χ3n) is 2.86. The van der Waals surface area contributed by atoms with Crippen molar-refractivity contribution in [3.05, 3.63) is 27.9 Å². The highest BCUT2D eigenvalue weighted by Gasteiger charge is 2.21. The van der Waals surface area contributed by atoms with Gasteiger partial charge < -0.3 is 0 Å². The standard InChI is InChI=1S/C11H16N2O/c1-7(2)9-6-11(14)13-8(3)4-5-10(13)12-9/h6-8H,4-5H2,1-3H3. The molecule has 0 saturated heterocycles. The van der Waals surface area contributed by atoms with E-state index < -0.39 is 0 Å². The van der Waals surface area contributed by atoms with Crippen molar-refractivity contribution in [2.75, 3.05) is 0 Å². The van der Waals surface area contributed by atoms with Crippen molar-refractivity contribution in [3.63, 3.8) is 0 Å². The van der Waals surface area contributed by atoms with Gasteiger partial charge in [0.25, 0.3) is 5.56 Å². The first kappa shape index (κ1) is 9.44. The maximum absolute atomic E-state index is 11.8. The molecule has 1 aliphatic rings. The van der Waals surface area contributed by atoms with Gasteiger partial charge in [-0.1, -0.05) is 13.8 Å². The number of nitrogens with zero attached hydrogens (tertiary/aromatic N) is 2. The molecule has 0 bridgehead atoms. The molecule has 0 fully saturated rings. The lowest BCUT2D eigenvalue weighted by atomic mass is 10.1. The Morgan fingerprint density at radius 2 is 2.29 bits per heavy atom. The van der Waals surface area contributed by atoms with Crippen LogP contribution in [-0.2, 0) is 6.42 Å². The molecular weight excluding hydrogens is 176 g/mol. The summed E-state index contributed by atoms with van der Waals surface area (Å²) in [6.07, 6.45) is 1.99. The second kappa shape index (κ2) is 3.23. The van der Waals surface area contributed by atoms with Crippen molar-refractivity contribution in [1.29, 1.82) is 0 Å². The van der Waals surface area contributed by atoms with Gasteiger partial charge in [0.05, 0.1) is 5.69 Å². The maximum Gasteiger partial charge on any atom is 0.253 e. The normalized spacial score (nSPS) is 20.1. The first-order valence-corrected chi connectivity index (χ1v) is 5.22. The summed E-state index contributed by atoms with van der Waals surface area (Å²) >= 11 is 0. The number of rotatable bonds is 1. The predicted octanol–water partition coefficient (Wildman–Crippen LogP) is 1.87. The first-order valence-electron chi connectivity index (χ1n) is 5.22. The van der Waals surface area contributed by atoms with Crippen molar-refractivity contribution in [2.45, 2.75) is 45.6 Å². The Labute approximate surface area is 83.8 Å². The van der Waals surface area contributed by atoms with Crippen molar-refractivity contribution in [1.82, 2.24) is 9.55 Å².